The van der Waals surface area contributed by atoms with Crippen molar-refractivity contribution < 1.29 is 4.79 Å². The summed E-state index contributed by atoms with van der Waals surface area (Å²) in [5.41, 5.74) is 3.19. The van der Waals surface area contributed by atoms with Crippen LogP contribution in [0, 0.1) is 6.92 Å². The van der Waals surface area contributed by atoms with Crippen molar-refractivity contribution in [3.63, 3.8) is 0 Å². The molecule has 2 aromatic rings. The molecule has 0 unspecified atom stereocenters. The Morgan fingerprint density at radius 1 is 1.30 bits per heavy atom. The first-order valence-corrected chi connectivity index (χ1v) is 8.84. The molecule has 0 radical (unpaired) electrons. The van der Waals surface area contributed by atoms with Gasteiger partial charge in [0.15, 0.2) is 0 Å². The first-order valence-electron chi connectivity index (χ1n) is 7.96. The van der Waals surface area contributed by atoms with E-state index in [1.165, 1.54) is 4.90 Å². The standard InChI is InChI=1S/C18H25N3OS/c1-13(2)23-17-7-5-15(6-8-17)12-18(22)19-10-9-16-11-14(3)21(4)20-16/h5-8,11,13H,9-10,12H2,1-4H3,(H,19,22). The van der Waals surface area contributed by atoms with E-state index in [9.17, 15) is 4.79 Å². The molecule has 0 aliphatic carbocycles. The smallest absolute Gasteiger partial charge is 0.224 e. The lowest BCUT2D eigenvalue weighted by molar-refractivity contribution is -0.120. The first kappa shape index (κ1) is 17.6. The van der Waals surface area contributed by atoms with E-state index in [-0.39, 0.29) is 5.91 Å². The molecule has 1 heterocycles. The number of aromatic nitrogens is 2. The summed E-state index contributed by atoms with van der Waals surface area (Å²) in [7, 11) is 1.93. The van der Waals surface area contributed by atoms with Crippen molar-refractivity contribution in [2.24, 2.45) is 7.05 Å². The second-order valence-electron chi connectivity index (χ2n) is 5.99. The maximum Gasteiger partial charge on any atom is 0.224 e. The number of carbonyl (C=O) groups excluding carboxylic acids is 1. The molecule has 1 aromatic carbocycles. The molecule has 0 bridgehead atoms. The van der Waals surface area contributed by atoms with E-state index in [1.54, 1.807) is 0 Å². The number of nitrogens with one attached hydrogen (secondary N) is 1. The lowest BCUT2D eigenvalue weighted by Gasteiger charge is -2.07. The molecule has 0 saturated heterocycles. The maximum atomic E-state index is 12.0. The molecule has 0 aliphatic rings. The molecule has 1 N–H and O–H groups in total. The Balaban J connectivity index is 1.76. The normalized spacial score (nSPS) is 11.0. The van der Waals surface area contributed by atoms with Crippen molar-refractivity contribution in [1.29, 1.82) is 0 Å². The third kappa shape index (κ3) is 5.75. The number of nitrogens with zero attached hydrogens (tertiary/aromatic N) is 2. The van der Waals surface area contributed by atoms with Gasteiger partial charge in [-0.15, -0.1) is 11.8 Å². The quantitative estimate of drug-likeness (QED) is 0.793. The lowest BCUT2D eigenvalue weighted by atomic mass is 10.1. The van der Waals surface area contributed by atoms with Gasteiger partial charge in [-0.05, 0) is 30.7 Å². The van der Waals surface area contributed by atoms with Crippen molar-refractivity contribution in [2.75, 3.05) is 6.54 Å². The zero-order valence-corrected chi connectivity index (χ0v) is 15.1. The van der Waals surface area contributed by atoms with E-state index >= 15 is 0 Å². The fourth-order valence-corrected chi connectivity index (χ4v) is 3.13. The van der Waals surface area contributed by atoms with Crippen LogP contribution in [0.1, 0.15) is 30.8 Å². The molecule has 0 saturated carbocycles. The molecular formula is C18H25N3OS. The summed E-state index contributed by atoms with van der Waals surface area (Å²) in [6, 6.07) is 10.3. The molecule has 0 spiro atoms. The van der Waals surface area contributed by atoms with Gasteiger partial charge in [0, 0.05) is 35.9 Å². The summed E-state index contributed by atoms with van der Waals surface area (Å²) < 4.78 is 1.86. The molecule has 23 heavy (non-hydrogen) atoms. The first-order chi connectivity index (χ1) is 10.9. The number of thioether (sulfide) groups is 1. The van der Waals surface area contributed by atoms with Crippen LogP contribution in [-0.2, 0) is 24.7 Å². The van der Waals surface area contributed by atoms with Crippen molar-refractivity contribution in [1.82, 2.24) is 15.1 Å². The van der Waals surface area contributed by atoms with Crippen LogP contribution in [0.2, 0.25) is 0 Å². The third-order valence-electron chi connectivity index (χ3n) is 3.53. The van der Waals surface area contributed by atoms with Gasteiger partial charge in [-0.1, -0.05) is 26.0 Å². The summed E-state index contributed by atoms with van der Waals surface area (Å²) in [6.07, 6.45) is 1.19. The number of hydrogen-bond acceptors (Lipinski definition) is 3. The predicted octanol–water partition coefficient (Wildman–Crippen LogP) is 3.13. The third-order valence-corrected chi connectivity index (χ3v) is 4.54. The molecule has 2 rings (SSSR count). The van der Waals surface area contributed by atoms with Crippen LogP contribution in [0.15, 0.2) is 35.2 Å². The van der Waals surface area contributed by atoms with Crippen LogP contribution >= 0.6 is 11.8 Å². The monoisotopic (exact) mass is 331 g/mol. The van der Waals surface area contributed by atoms with Gasteiger partial charge in [0.25, 0.3) is 0 Å². The van der Waals surface area contributed by atoms with Crippen LogP contribution in [0.3, 0.4) is 0 Å². The van der Waals surface area contributed by atoms with Gasteiger partial charge in [-0.3, -0.25) is 9.48 Å². The van der Waals surface area contributed by atoms with E-state index in [0.717, 1.165) is 23.4 Å². The Morgan fingerprint density at radius 3 is 2.57 bits per heavy atom. The number of aryl methyl sites for hydroxylation is 2. The number of carbonyl (C=O) groups is 1. The molecule has 5 heteroatoms. The lowest BCUT2D eigenvalue weighted by Crippen LogP contribution is -2.27. The van der Waals surface area contributed by atoms with Gasteiger partial charge < -0.3 is 5.32 Å². The van der Waals surface area contributed by atoms with Crippen LogP contribution < -0.4 is 5.32 Å². The number of hydrogen-bond donors (Lipinski definition) is 1. The Bertz CT molecular complexity index is 627. The molecule has 124 valence electrons. The van der Waals surface area contributed by atoms with Crippen LogP contribution in [0.25, 0.3) is 0 Å². The van der Waals surface area contributed by atoms with Crippen molar-refractivity contribution in [2.45, 2.75) is 43.8 Å². The second-order valence-corrected chi connectivity index (χ2v) is 7.64. The van der Waals surface area contributed by atoms with Crippen LogP contribution in [-0.4, -0.2) is 27.5 Å². The largest absolute Gasteiger partial charge is 0.355 e. The van der Waals surface area contributed by atoms with Gasteiger partial charge in [0.1, 0.15) is 0 Å². The minimum Gasteiger partial charge on any atom is -0.355 e. The number of rotatable bonds is 7. The summed E-state index contributed by atoms with van der Waals surface area (Å²) in [5.74, 6) is 0.0573. The molecular weight excluding hydrogens is 306 g/mol. The maximum absolute atomic E-state index is 12.0. The fourth-order valence-electron chi connectivity index (χ4n) is 2.29. The van der Waals surface area contributed by atoms with E-state index in [0.29, 0.717) is 18.2 Å². The van der Waals surface area contributed by atoms with Crippen LogP contribution in [0.5, 0.6) is 0 Å². The van der Waals surface area contributed by atoms with E-state index in [2.05, 4.69) is 42.5 Å². The summed E-state index contributed by atoms with van der Waals surface area (Å²) in [6.45, 7) is 7.00. The van der Waals surface area contributed by atoms with Gasteiger partial charge in [-0.25, -0.2) is 0 Å². The van der Waals surface area contributed by atoms with E-state index in [1.807, 2.05) is 42.5 Å². The molecule has 4 nitrogen and oxygen atoms in total. The number of benzene rings is 1. The highest BCUT2D eigenvalue weighted by atomic mass is 32.2. The van der Waals surface area contributed by atoms with Gasteiger partial charge in [-0.2, -0.15) is 5.10 Å². The van der Waals surface area contributed by atoms with Crippen molar-refractivity contribution in [3.05, 3.63) is 47.3 Å². The van der Waals surface area contributed by atoms with Crippen LogP contribution in [0.4, 0.5) is 0 Å². The zero-order chi connectivity index (χ0) is 16.8. The van der Waals surface area contributed by atoms with E-state index < -0.39 is 0 Å². The topological polar surface area (TPSA) is 46.9 Å². The predicted molar refractivity (Wildman–Crippen MR) is 95.8 cm³/mol. The minimum atomic E-state index is 0.0573. The zero-order valence-electron chi connectivity index (χ0n) is 14.3. The molecule has 1 amide bonds. The van der Waals surface area contributed by atoms with Crippen molar-refractivity contribution in [3.8, 4) is 0 Å². The number of amides is 1. The Morgan fingerprint density at radius 2 is 2.00 bits per heavy atom. The van der Waals surface area contributed by atoms with Gasteiger partial charge >= 0.3 is 0 Å². The molecule has 0 fully saturated rings. The average Bonchev–Trinajstić information content (AvgIpc) is 2.79. The summed E-state index contributed by atoms with van der Waals surface area (Å²) in [5, 5.41) is 7.92. The van der Waals surface area contributed by atoms with Crippen molar-refractivity contribution >= 4 is 17.7 Å². The SMILES string of the molecule is Cc1cc(CCNC(=O)Cc2ccc(SC(C)C)cc2)nn1C. The Kier molecular flexibility index (Phi) is 6.28. The molecule has 0 aliphatic heterocycles. The fraction of sp³-hybridized carbons (Fsp3) is 0.444. The Labute approximate surface area is 142 Å². The highest BCUT2D eigenvalue weighted by Gasteiger charge is 2.06. The highest BCUT2D eigenvalue weighted by Crippen LogP contribution is 2.22. The van der Waals surface area contributed by atoms with Gasteiger partial charge in [0.2, 0.25) is 5.91 Å². The molecule has 1 aromatic heterocycles. The summed E-state index contributed by atoms with van der Waals surface area (Å²) >= 11 is 1.83. The Hall–Kier alpha value is -1.75. The average molecular weight is 331 g/mol. The summed E-state index contributed by atoms with van der Waals surface area (Å²) in [4.78, 5) is 13.2. The highest BCUT2D eigenvalue weighted by molar-refractivity contribution is 7.99. The second kappa shape index (κ2) is 8.20. The van der Waals surface area contributed by atoms with Gasteiger partial charge in [0.05, 0.1) is 12.1 Å². The van der Waals surface area contributed by atoms with E-state index in [4.69, 9.17) is 0 Å². The molecule has 0 atom stereocenters. The minimum absolute atomic E-state index is 0.0573.